The molecule has 1 nitrogen and oxygen atoms in total. The Morgan fingerprint density at radius 3 is 2.45 bits per heavy atom. The van der Waals surface area contributed by atoms with Crippen molar-refractivity contribution < 1.29 is 0 Å². The van der Waals surface area contributed by atoms with E-state index in [4.69, 9.17) is 5.73 Å². The van der Waals surface area contributed by atoms with Gasteiger partial charge in [0.1, 0.15) is 0 Å². The van der Waals surface area contributed by atoms with Crippen molar-refractivity contribution in [3.05, 3.63) is 76.9 Å². The van der Waals surface area contributed by atoms with E-state index in [1.54, 1.807) is 0 Å². The largest absolute Gasteiger partial charge is 0.399 e. The highest BCUT2D eigenvalue weighted by Crippen LogP contribution is 2.22. The molecule has 0 amide bonds. The van der Waals surface area contributed by atoms with Gasteiger partial charge in [0, 0.05) is 5.70 Å². The second-order valence-electron chi connectivity index (χ2n) is 5.29. The first-order valence-corrected chi connectivity index (χ1v) is 6.78. The number of benzene rings is 2. The van der Waals surface area contributed by atoms with Crippen molar-refractivity contribution in [3.8, 4) is 0 Å². The maximum absolute atomic E-state index is 5.78. The van der Waals surface area contributed by atoms with E-state index in [1.807, 2.05) is 6.07 Å². The van der Waals surface area contributed by atoms with Crippen molar-refractivity contribution in [2.45, 2.75) is 20.8 Å². The summed E-state index contributed by atoms with van der Waals surface area (Å²) >= 11 is 0. The molecule has 0 heterocycles. The van der Waals surface area contributed by atoms with Gasteiger partial charge in [-0.25, -0.2) is 0 Å². The van der Waals surface area contributed by atoms with E-state index >= 15 is 0 Å². The normalized spacial score (nSPS) is 11.4. The third kappa shape index (κ3) is 3.18. The van der Waals surface area contributed by atoms with E-state index in [0.29, 0.717) is 5.70 Å². The summed E-state index contributed by atoms with van der Waals surface area (Å²) in [4.78, 5) is 0. The summed E-state index contributed by atoms with van der Waals surface area (Å²) in [7, 11) is 0. The van der Waals surface area contributed by atoms with Gasteiger partial charge in [0.15, 0.2) is 0 Å². The lowest BCUT2D eigenvalue weighted by atomic mass is 9.98. The number of rotatable bonds is 3. The number of hydrogen-bond acceptors (Lipinski definition) is 1. The summed E-state index contributed by atoms with van der Waals surface area (Å²) < 4.78 is 0. The predicted molar refractivity (Wildman–Crippen MR) is 89.1 cm³/mol. The van der Waals surface area contributed by atoms with Gasteiger partial charge < -0.3 is 5.73 Å². The molecule has 20 heavy (non-hydrogen) atoms. The SMILES string of the molecule is C=C(N)c1ccc(C)c(/C=C(\C)c2cccc(C)c2)c1. The maximum Gasteiger partial charge on any atom is 0.0314 e. The van der Waals surface area contributed by atoms with E-state index in [1.165, 1.54) is 27.8 Å². The van der Waals surface area contributed by atoms with Crippen molar-refractivity contribution in [2.75, 3.05) is 0 Å². The fourth-order valence-electron chi connectivity index (χ4n) is 2.20. The highest BCUT2D eigenvalue weighted by molar-refractivity contribution is 5.82. The summed E-state index contributed by atoms with van der Waals surface area (Å²) in [5.41, 5.74) is 13.6. The average Bonchev–Trinajstić information content (AvgIpc) is 2.41. The lowest BCUT2D eigenvalue weighted by Crippen LogP contribution is -1.95. The molecule has 2 aromatic rings. The lowest BCUT2D eigenvalue weighted by Gasteiger charge is -2.08. The molecule has 0 saturated heterocycles. The molecule has 0 radical (unpaired) electrons. The van der Waals surface area contributed by atoms with Gasteiger partial charge in [-0.2, -0.15) is 0 Å². The molecule has 2 aromatic carbocycles. The monoisotopic (exact) mass is 263 g/mol. The van der Waals surface area contributed by atoms with Crippen LogP contribution in [-0.2, 0) is 0 Å². The zero-order chi connectivity index (χ0) is 14.7. The van der Waals surface area contributed by atoms with Gasteiger partial charge in [-0.05, 0) is 54.7 Å². The molecule has 2 N–H and O–H groups in total. The van der Waals surface area contributed by atoms with Crippen LogP contribution in [-0.4, -0.2) is 0 Å². The molecular formula is C19H21N. The second-order valence-corrected chi connectivity index (χ2v) is 5.29. The van der Waals surface area contributed by atoms with Crippen LogP contribution in [0.4, 0.5) is 0 Å². The molecule has 2 rings (SSSR count). The Morgan fingerprint density at radius 2 is 1.80 bits per heavy atom. The molecule has 0 atom stereocenters. The van der Waals surface area contributed by atoms with Crippen LogP contribution in [0.15, 0.2) is 49.0 Å². The van der Waals surface area contributed by atoms with Crippen molar-refractivity contribution >= 4 is 17.3 Å². The first-order valence-electron chi connectivity index (χ1n) is 6.78. The number of nitrogens with two attached hydrogens (primary N) is 1. The summed E-state index contributed by atoms with van der Waals surface area (Å²) in [5.74, 6) is 0. The molecule has 0 fully saturated rings. The topological polar surface area (TPSA) is 26.0 Å². The molecule has 0 unspecified atom stereocenters. The van der Waals surface area contributed by atoms with Crippen molar-refractivity contribution in [3.63, 3.8) is 0 Å². The van der Waals surface area contributed by atoms with Crippen molar-refractivity contribution in [1.82, 2.24) is 0 Å². The minimum atomic E-state index is 0.604. The minimum Gasteiger partial charge on any atom is -0.399 e. The Labute approximate surface area is 121 Å². The molecular weight excluding hydrogens is 242 g/mol. The van der Waals surface area contributed by atoms with Crippen LogP contribution >= 0.6 is 0 Å². The van der Waals surface area contributed by atoms with Crippen LogP contribution in [0.5, 0.6) is 0 Å². The Balaban J connectivity index is 2.44. The van der Waals surface area contributed by atoms with E-state index in [-0.39, 0.29) is 0 Å². The van der Waals surface area contributed by atoms with E-state index in [9.17, 15) is 0 Å². The smallest absolute Gasteiger partial charge is 0.0314 e. The Morgan fingerprint density at radius 1 is 1.05 bits per heavy atom. The highest BCUT2D eigenvalue weighted by atomic mass is 14.6. The van der Waals surface area contributed by atoms with Crippen molar-refractivity contribution in [2.24, 2.45) is 5.73 Å². The average molecular weight is 263 g/mol. The Hall–Kier alpha value is -2.28. The van der Waals surface area contributed by atoms with Gasteiger partial charge in [-0.1, -0.05) is 54.6 Å². The number of aryl methyl sites for hydroxylation is 2. The highest BCUT2D eigenvalue weighted by Gasteiger charge is 2.02. The molecule has 0 aliphatic carbocycles. The third-order valence-electron chi connectivity index (χ3n) is 3.50. The van der Waals surface area contributed by atoms with Gasteiger partial charge in [0.2, 0.25) is 0 Å². The zero-order valence-electron chi connectivity index (χ0n) is 12.4. The van der Waals surface area contributed by atoms with Gasteiger partial charge in [-0.15, -0.1) is 0 Å². The first-order chi connectivity index (χ1) is 9.47. The van der Waals surface area contributed by atoms with Gasteiger partial charge >= 0.3 is 0 Å². The summed E-state index contributed by atoms with van der Waals surface area (Å²) in [6.07, 6.45) is 2.20. The zero-order valence-corrected chi connectivity index (χ0v) is 12.4. The lowest BCUT2D eigenvalue weighted by molar-refractivity contribution is 1.40. The van der Waals surface area contributed by atoms with E-state index in [0.717, 1.165) is 5.56 Å². The fourth-order valence-corrected chi connectivity index (χ4v) is 2.20. The third-order valence-corrected chi connectivity index (χ3v) is 3.50. The molecule has 1 heteroatoms. The minimum absolute atomic E-state index is 0.604. The van der Waals surface area contributed by atoms with E-state index in [2.05, 4.69) is 69.8 Å². The van der Waals surface area contributed by atoms with Crippen LogP contribution in [0, 0.1) is 13.8 Å². The summed E-state index contributed by atoms with van der Waals surface area (Å²) in [6.45, 7) is 10.2. The molecule has 0 bridgehead atoms. The number of hydrogen-bond donors (Lipinski definition) is 1. The van der Waals surface area contributed by atoms with Gasteiger partial charge in [0.25, 0.3) is 0 Å². The maximum atomic E-state index is 5.78. The Kier molecular flexibility index (Phi) is 4.09. The molecule has 0 aliphatic heterocycles. The van der Waals surface area contributed by atoms with Crippen LogP contribution in [0.3, 0.4) is 0 Å². The predicted octanol–water partition coefficient (Wildman–Crippen LogP) is 4.79. The standard InChI is InChI=1S/C19H21N/c1-13-6-5-7-17(10-13)15(3)11-19-12-18(16(4)20)9-8-14(19)2/h5-12H,4,20H2,1-3H3/b15-11+. The van der Waals surface area contributed by atoms with Crippen LogP contribution in [0.1, 0.15) is 34.7 Å². The Bertz CT molecular complexity index is 678. The van der Waals surface area contributed by atoms with Gasteiger partial charge in [-0.3, -0.25) is 0 Å². The van der Waals surface area contributed by atoms with Gasteiger partial charge in [0.05, 0.1) is 0 Å². The molecule has 102 valence electrons. The molecule has 0 spiro atoms. The fraction of sp³-hybridized carbons (Fsp3) is 0.158. The quantitative estimate of drug-likeness (QED) is 0.791. The van der Waals surface area contributed by atoms with Crippen LogP contribution in [0.2, 0.25) is 0 Å². The number of allylic oxidation sites excluding steroid dienone is 1. The van der Waals surface area contributed by atoms with Crippen LogP contribution in [0.25, 0.3) is 17.3 Å². The first kappa shape index (κ1) is 14.1. The molecule has 0 aromatic heterocycles. The molecule has 0 saturated carbocycles. The molecule has 0 aliphatic rings. The second kappa shape index (κ2) is 5.79. The van der Waals surface area contributed by atoms with E-state index < -0.39 is 0 Å². The summed E-state index contributed by atoms with van der Waals surface area (Å²) in [6, 6.07) is 14.7. The van der Waals surface area contributed by atoms with Crippen LogP contribution < -0.4 is 5.73 Å². The van der Waals surface area contributed by atoms with Crippen molar-refractivity contribution in [1.29, 1.82) is 0 Å². The summed E-state index contributed by atoms with van der Waals surface area (Å²) in [5, 5.41) is 0.